The van der Waals surface area contributed by atoms with Crippen molar-refractivity contribution in [1.29, 1.82) is 0 Å². The summed E-state index contributed by atoms with van der Waals surface area (Å²) < 4.78 is 58.9. The van der Waals surface area contributed by atoms with Gasteiger partial charge in [0.05, 0.1) is 0 Å². The van der Waals surface area contributed by atoms with Gasteiger partial charge in [0.15, 0.2) is 15.0 Å². The molecule has 0 heterocycles. The van der Waals surface area contributed by atoms with Crippen LogP contribution in [0.4, 0.5) is 13.2 Å². The summed E-state index contributed by atoms with van der Waals surface area (Å²) in [4.78, 5) is 1.37. The number of aryl methyl sites for hydroxylation is 1. The number of hydrogen-bond donors (Lipinski definition) is 0. The highest BCUT2D eigenvalue weighted by Gasteiger charge is 2.36. The fourth-order valence-electron chi connectivity index (χ4n) is 3.44. The van der Waals surface area contributed by atoms with E-state index in [2.05, 4.69) is 46.4 Å². The van der Waals surface area contributed by atoms with Gasteiger partial charge < -0.3 is 4.55 Å². The van der Waals surface area contributed by atoms with Gasteiger partial charge in [-0.25, -0.2) is 8.42 Å². The number of halogens is 3. The standard InChI is InChI=1S/C22H38S.CHF3O3S/c1-5-9-13-18-17-22(23)21(16-12-8-4)20(15-11-7-3)19(18)14-10-6-2;2-1(3,4)8(5,6)7/h17,23H,5-16H2,1-4H3;(H,5,6,7). The smallest absolute Gasteiger partial charge is 0.485 e. The molecule has 0 bridgehead atoms. The Labute approximate surface area is 192 Å². The molecule has 0 saturated heterocycles. The van der Waals surface area contributed by atoms with Crippen molar-refractivity contribution in [2.45, 2.75) is 115 Å². The molecule has 3 nitrogen and oxygen atoms in total. The Balaban J connectivity index is 0.000000954. The summed E-state index contributed by atoms with van der Waals surface area (Å²) in [6.45, 7) is 9.22. The minimum Gasteiger partial charge on any atom is -0.741 e. The van der Waals surface area contributed by atoms with Crippen LogP contribution in [-0.4, -0.2) is 18.5 Å². The topological polar surface area (TPSA) is 57.2 Å². The van der Waals surface area contributed by atoms with Crippen molar-refractivity contribution in [3.05, 3.63) is 28.3 Å². The van der Waals surface area contributed by atoms with E-state index < -0.39 is 15.6 Å². The van der Waals surface area contributed by atoms with E-state index in [1.165, 1.54) is 81.9 Å². The zero-order valence-electron chi connectivity index (χ0n) is 19.3. The second kappa shape index (κ2) is 15.2. The van der Waals surface area contributed by atoms with Crippen molar-refractivity contribution >= 4 is 22.7 Å². The highest BCUT2D eigenvalue weighted by Crippen LogP contribution is 2.29. The van der Waals surface area contributed by atoms with Gasteiger partial charge in [-0.05, 0) is 86.8 Å². The van der Waals surface area contributed by atoms with E-state index in [9.17, 15) is 13.2 Å². The lowest BCUT2D eigenvalue weighted by molar-refractivity contribution is -0.0517. The van der Waals surface area contributed by atoms with Crippen molar-refractivity contribution in [3.63, 3.8) is 0 Å². The molecule has 0 aliphatic rings. The molecule has 0 spiro atoms. The molecule has 0 aromatic heterocycles. The Bertz CT molecular complexity index is 745. The summed E-state index contributed by atoms with van der Waals surface area (Å²) >= 11 is 3.97. The van der Waals surface area contributed by atoms with Gasteiger partial charge in [0.2, 0.25) is 0 Å². The monoisotopic (exact) mass is 484 g/mol. The quantitative estimate of drug-likeness (QED) is 0.194. The molecule has 0 radical (unpaired) electrons. The average Bonchev–Trinajstić information content (AvgIpc) is 2.67. The Morgan fingerprint density at radius 1 is 0.774 bits per heavy atom. The number of alkyl halides is 3. The van der Waals surface area contributed by atoms with E-state index in [0.29, 0.717) is 0 Å². The molecule has 1 aromatic rings. The summed E-state index contributed by atoms with van der Waals surface area (Å²) in [5.74, 6) is 0. The molecule has 1 aromatic carbocycles. The van der Waals surface area contributed by atoms with Crippen LogP contribution in [0.25, 0.3) is 0 Å². The third-order valence-electron chi connectivity index (χ3n) is 5.18. The Morgan fingerprint density at radius 2 is 1.13 bits per heavy atom. The SMILES string of the molecule is CCCCc1cc([SH2+])c(CCCC)c(CCCC)c1CCCC.O=S(=O)([O-])C(F)(F)F. The maximum absolute atomic E-state index is 10.7. The van der Waals surface area contributed by atoms with E-state index >= 15 is 0 Å². The number of hydrogen-bond acceptors (Lipinski definition) is 3. The van der Waals surface area contributed by atoms with Gasteiger partial charge in [0.25, 0.3) is 0 Å². The van der Waals surface area contributed by atoms with Crippen LogP contribution in [0.3, 0.4) is 0 Å². The van der Waals surface area contributed by atoms with Crippen LogP contribution in [0, 0.1) is 0 Å². The lowest BCUT2D eigenvalue weighted by atomic mass is 9.86. The second-order valence-corrected chi connectivity index (χ2v) is 9.74. The molecule has 0 atom stereocenters. The normalized spacial score (nSPS) is 11.9. The highest BCUT2D eigenvalue weighted by molar-refractivity contribution is 7.86. The van der Waals surface area contributed by atoms with Gasteiger partial charge >= 0.3 is 5.51 Å². The van der Waals surface area contributed by atoms with Gasteiger partial charge in [-0.2, -0.15) is 13.2 Å². The summed E-state index contributed by atoms with van der Waals surface area (Å²) in [5.41, 5.74) is 1.00. The fourth-order valence-corrected chi connectivity index (χ4v) is 3.89. The number of unbranched alkanes of at least 4 members (excludes halogenated alkanes) is 4. The Morgan fingerprint density at radius 3 is 1.52 bits per heavy atom. The maximum atomic E-state index is 10.7. The first-order valence-electron chi connectivity index (χ1n) is 11.3. The summed E-state index contributed by atoms with van der Waals surface area (Å²) in [7, 11) is -6.09. The van der Waals surface area contributed by atoms with Crippen molar-refractivity contribution < 1.29 is 26.1 Å². The second-order valence-electron chi connectivity index (χ2n) is 7.83. The molecular weight excluding hydrogens is 445 g/mol. The molecule has 0 saturated carbocycles. The number of benzene rings is 1. The van der Waals surface area contributed by atoms with Crippen LogP contribution in [0.2, 0.25) is 0 Å². The molecule has 0 amide bonds. The molecule has 182 valence electrons. The average molecular weight is 485 g/mol. The first-order valence-corrected chi connectivity index (χ1v) is 13.2. The van der Waals surface area contributed by atoms with Gasteiger partial charge in [-0.15, -0.1) is 0 Å². The molecular formula is C23H39F3O3S2. The molecule has 0 aliphatic heterocycles. The van der Waals surface area contributed by atoms with Crippen molar-refractivity contribution in [1.82, 2.24) is 0 Å². The minimum absolute atomic E-state index is 1.24. The van der Waals surface area contributed by atoms with Crippen LogP contribution in [0.15, 0.2) is 11.0 Å². The Kier molecular flexibility index (Phi) is 14.8. The predicted octanol–water partition coefficient (Wildman–Crippen LogP) is 6.48. The zero-order chi connectivity index (χ0) is 24.1. The molecule has 0 N–H and O–H groups in total. The first-order chi connectivity index (χ1) is 14.4. The van der Waals surface area contributed by atoms with E-state index in [0.717, 1.165) is 0 Å². The van der Waals surface area contributed by atoms with E-state index in [4.69, 9.17) is 13.0 Å². The van der Waals surface area contributed by atoms with Gasteiger partial charge in [0, 0.05) is 5.56 Å². The van der Waals surface area contributed by atoms with Gasteiger partial charge in [-0.3, -0.25) is 0 Å². The van der Waals surface area contributed by atoms with E-state index in [1.54, 1.807) is 22.3 Å². The van der Waals surface area contributed by atoms with E-state index in [-0.39, 0.29) is 0 Å². The van der Waals surface area contributed by atoms with Gasteiger partial charge in [-0.1, -0.05) is 53.4 Å². The van der Waals surface area contributed by atoms with Crippen molar-refractivity contribution in [3.8, 4) is 0 Å². The van der Waals surface area contributed by atoms with Crippen molar-refractivity contribution in [2.24, 2.45) is 0 Å². The molecule has 0 unspecified atom stereocenters. The van der Waals surface area contributed by atoms with Crippen LogP contribution in [-0.2, 0) is 48.4 Å². The van der Waals surface area contributed by atoms with Crippen molar-refractivity contribution in [2.75, 3.05) is 0 Å². The first kappa shape index (κ1) is 30.3. The van der Waals surface area contributed by atoms with Crippen LogP contribution in [0.5, 0.6) is 0 Å². The van der Waals surface area contributed by atoms with Crippen LogP contribution < -0.4 is 0 Å². The van der Waals surface area contributed by atoms with Crippen LogP contribution in [0.1, 0.15) is 101 Å². The maximum Gasteiger partial charge on any atom is 0.485 e. The molecule has 8 heteroatoms. The van der Waals surface area contributed by atoms with Gasteiger partial charge in [0.1, 0.15) is 0 Å². The lowest BCUT2D eigenvalue weighted by Crippen LogP contribution is -2.21. The minimum atomic E-state index is -6.09. The lowest BCUT2D eigenvalue weighted by Gasteiger charge is -2.19. The summed E-state index contributed by atoms with van der Waals surface area (Å²) in [6, 6.07) is 2.46. The third-order valence-corrected chi connectivity index (χ3v) is 6.20. The highest BCUT2D eigenvalue weighted by atomic mass is 32.2. The predicted molar refractivity (Wildman–Crippen MR) is 125 cm³/mol. The Hall–Kier alpha value is -0.730. The molecule has 0 aliphatic carbocycles. The fraction of sp³-hybridized carbons (Fsp3) is 0.739. The van der Waals surface area contributed by atoms with Crippen LogP contribution >= 0.6 is 0 Å². The third kappa shape index (κ3) is 11.1. The molecule has 0 fully saturated rings. The largest absolute Gasteiger partial charge is 0.741 e. The summed E-state index contributed by atoms with van der Waals surface area (Å²) in [5, 5.41) is 0. The molecule has 31 heavy (non-hydrogen) atoms. The zero-order valence-corrected chi connectivity index (χ0v) is 21.1. The number of rotatable bonds is 12. The molecule has 1 rings (SSSR count). The van der Waals surface area contributed by atoms with E-state index in [1.807, 2.05) is 0 Å². The summed E-state index contributed by atoms with van der Waals surface area (Å²) in [6.07, 6.45) is 15.4.